The van der Waals surface area contributed by atoms with Crippen LogP contribution in [0.2, 0.25) is 10.0 Å². The van der Waals surface area contributed by atoms with Crippen molar-refractivity contribution < 1.29 is 4.21 Å². The van der Waals surface area contributed by atoms with Crippen LogP contribution in [-0.2, 0) is 10.8 Å². The van der Waals surface area contributed by atoms with Crippen LogP contribution in [0.4, 0.5) is 0 Å². The minimum absolute atomic E-state index is 0. The summed E-state index contributed by atoms with van der Waals surface area (Å²) in [6.45, 7) is 11.2. The zero-order valence-electron chi connectivity index (χ0n) is 15.4. The molecule has 2 unspecified atom stereocenters. The van der Waals surface area contributed by atoms with Gasteiger partial charge in [-0.2, -0.15) is 0 Å². The molecule has 0 aliphatic carbocycles. The Morgan fingerprint density at radius 1 is 1.28 bits per heavy atom. The van der Waals surface area contributed by atoms with Gasteiger partial charge in [0.05, 0.1) is 22.6 Å². The molecule has 1 aromatic rings. The van der Waals surface area contributed by atoms with Crippen molar-refractivity contribution >= 4 is 63.9 Å². The Hall–Kier alpha value is -0.0500. The minimum Gasteiger partial charge on any atom is -0.357 e. The SMILES string of the molecule is CCNC(=NCCS(=O)C(C)(C)C)NC(C)c1ccc(Cl)c(Cl)c1.I. The molecule has 0 amide bonds. The van der Waals surface area contributed by atoms with Crippen LogP contribution in [-0.4, -0.2) is 33.8 Å². The van der Waals surface area contributed by atoms with E-state index in [9.17, 15) is 4.21 Å². The maximum absolute atomic E-state index is 12.1. The van der Waals surface area contributed by atoms with E-state index in [-0.39, 0.29) is 34.8 Å². The topological polar surface area (TPSA) is 53.5 Å². The number of guanidine groups is 1. The molecule has 1 aromatic carbocycles. The molecule has 0 saturated heterocycles. The summed E-state index contributed by atoms with van der Waals surface area (Å²) in [5, 5.41) is 7.61. The van der Waals surface area contributed by atoms with Crippen LogP contribution in [0.1, 0.15) is 46.2 Å². The molecule has 0 spiro atoms. The van der Waals surface area contributed by atoms with Gasteiger partial charge in [0.25, 0.3) is 0 Å². The molecule has 144 valence electrons. The molecule has 2 atom stereocenters. The van der Waals surface area contributed by atoms with Crippen LogP contribution in [0, 0.1) is 0 Å². The van der Waals surface area contributed by atoms with E-state index in [2.05, 4.69) is 15.6 Å². The third-order valence-electron chi connectivity index (χ3n) is 3.37. The lowest BCUT2D eigenvalue weighted by Crippen LogP contribution is -2.39. The van der Waals surface area contributed by atoms with E-state index < -0.39 is 10.8 Å². The fourth-order valence-corrected chi connectivity index (χ4v) is 3.11. The van der Waals surface area contributed by atoms with Gasteiger partial charge in [-0.3, -0.25) is 9.20 Å². The monoisotopic (exact) mass is 519 g/mol. The molecule has 25 heavy (non-hydrogen) atoms. The van der Waals surface area contributed by atoms with Crippen LogP contribution in [0.25, 0.3) is 0 Å². The van der Waals surface area contributed by atoms with E-state index in [1.54, 1.807) is 6.07 Å². The molecule has 0 aliphatic rings. The summed E-state index contributed by atoms with van der Waals surface area (Å²) >= 11 is 12.0. The van der Waals surface area contributed by atoms with E-state index in [4.69, 9.17) is 23.2 Å². The number of aliphatic imine (C=N–C) groups is 1. The highest BCUT2D eigenvalue weighted by atomic mass is 127. The summed E-state index contributed by atoms with van der Waals surface area (Å²) < 4.78 is 11.9. The Morgan fingerprint density at radius 2 is 1.92 bits per heavy atom. The van der Waals surface area contributed by atoms with Gasteiger partial charge in [0.2, 0.25) is 0 Å². The molecule has 1 rings (SSSR count). The largest absolute Gasteiger partial charge is 0.357 e. The van der Waals surface area contributed by atoms with Crippen molar-refractivity contribution in [2.75, 3.05) is 18.8 Å². The molecule has 8 heteroatoms. The van der Waals surface area contributed by atoms with Crippen molar-refractivity contribution in [1.29, 1.82) is 0 Å². The summed E-state index contributed by atoms with van der Waals surface area (Å²) in [6.07, 6.45) is 0. The van der Waals surface area contributed by atoms with Crippen molar-refractivity contribution in [2.24, 2.45) is 4.99 Å². The smallest absolute Gasteiger partial charge is 0.191 e. The van der Waals surface area contributed by atoms with Crippen LogP contribution in [0.15, 0.2) is 23.2 Å². The Bertz CT molecular complexity index is 606. The number of nitrogens with zero attached hydrogens (tertiary/aromatic N) is 1. The van der Waals surface area contributed by atoms with Gasteiger partial charge in [-0.1, -0.05) is 29.3 Å². The predicted octanol–water partition coefficient (Wildman–Crippen LogP) is 4.77. The molecular weight excluding hydrogens is 492 g/mol. The van der Waals surface area contributed by atoms with Crippen molar-refractivity contribution in [3.63, 3.8) is 0 Å². The van der Waals surface area contributed by atoms with Gasteiger partial charge in [0, 0.05) is 27.8 Å². The average molecular weight is 520 g/mol. The summed E-state index contributed by atoms with van der Waals surface area (Å²) in [4.78, 5) is 4.51. The molecule has 4 nitrogen and oxygen atoms in total. The van der Waals surface area contributed by atoms with E-state index in [0.717, 1.165) is 12.1 Å². The van der Waals surface area contributed by atoms with Gasteiger partial charge in [-0.05, 0) is 52.3 Å². The zero-order chi connectivity index (χ0) is 18.3. The summed E-state index contributed by atoms with van der Waals surface area (Å²) in [5.74, 6) is 1.24. The minimum atomic E-state index is -0.907. The second-order valence-electron chi connectivity index (χ2n) is 6.46. The van der Waals surface area contributed by atoms with Crippen molar-refractivity contribution in [2.45, 2.75) is 45.4 Å². The van der Waals surface area contributed by atoms with Crippen LogP contribution in [0.5, 0.6) is 0 Å². The van der Waals surface area contributed by atoms with Crippen molar-refractivity contribution in [3.8, 4) is 0 Å². The molecule has 0 fully saturated rings. The van der Waals surface area contributed by atoms with Gasteiger partial charge in [-0.25, -0.2) is 0 Å². The number of halogens is 3. The van der Waals surface area contributed by atoms with Crippen LogP contribution >= 0.6 is 47.2 Å². The molecule has 0 aliphatic heterocycles. The maximum Gasteiger partial charge on any atom is 0.191 e. The maximum atomic E-state index is 12.1. The van der Waals surface area contributed by atoms with Gasteiger partial charge < -0.3 is 10.6 Å². The van der Waals surface area contributed by atoms with E-state index in [0.29, 0.717) is 28.3 Å². The second kappa shape index (κ2) is 11.6. The predicted molar refractivity (Wildman–Crippen MR) is 122 cm³/mol. The Morgan fingerprint density at radius 3 is 2.44 bits per heavy atom. The number of hydrogen-bond acceptors (Lipinski definition) is 2. The average Bonchev–Trinajstić information content (AvgIpc) is 2.49. The lowest BCUT2D eigenvalue weighted by molar-refractivity contribution is 0.648. The first-order valence-electron chi connectivity index (χ1n) is 8.03. The summed E-state index contributed by atoms with van der Waals surface area (Å²) in [6, 6.07) is 5.59. The highest BCUT2D eigenvalue weighted by Gasteiger charge is 2.18. The number of nitrogens with one attached hydrogen (secondary N) is 2. The normalized spacial score (nSPS) is 14.4. The number of benzene rings is 1. The van der Waals surface area contributed by atoms with E-state index in [1.807, 2.05) is 46.8 Å². The van der Waals surface area contributed by atoms with Crippen LogP contribution < -0.4 is 10.6 Å². The molecule has 0 saturated carbocycles. The Kier molecular flexibility index (Phi) is 11.6. The van der Waals surface area contributed by atoms with Crippen molar-refractivity contribution in [3.05, 3.63) is 33.8 Å². The van der Waals surface area contributed by atoms with Gasteiger partial charge in [0.1, 0.15) is 0 Å². The molecule has 0 heterocycles. The third-order valence-corrected chi connectivity index (χ3v) is 6.03. The fraction of sp³-hybridized carbons (Fsp3) is 0.588. The summed E-state index contributed by atoms with van der Waals surface area (Å²) in [7, 11) is -0.907. The van der Waals surface area contributed by atoms with Crippen molar-refractivity contribution in [1.82, 2.24) is 10.6 Å². The number of rotatable bonds is 6. The second-order valence-corrected chi connectivity index (χ2v) is 9.60. The lowest BCUT2D eigenvalue weighted by atomic mass is 10.1. The molecular formula is C17H28Cl2IN3OS. The molecule has 0 bridgehead atoms. The third kappa shape index (κ3) is 8.93. The lowest BCUT2D eigenvalue weighted by Gasteiger charge is -2.19. The first-order chi connectivity index (χ1) is 11.1. The number of hydrogen-bond donors (Lipinski definition) is 2. The quantitative estimate of drug-likeness (QED) is 0.323. The standard InChI is InChI=1S/C17H27Cl2N3OS.HI/c1-6-20-16(21-9-10-24(23)17(3,4)5)22-12(2)13-7-8-14(18)15(19)11-13;/h7-8,11-12H,6,9-10H2,1-5H3,(H2,20,21,22);1H. The zero-order valence-corrected chi connectivity index (χ0v) is 20.0. The van der Waals surface area contributed by atoms with E-state index >= 15 is 0 Å². The molecule has 0 aromatic heterocycles. The van der Waals surface area contributed by atoms with Gasteiger partial charge in [-0.15, -0.1) is 24.0 Å². The van der Waals surface area contributed by atoms with Gasteiger partial charge >= 0.3 is 0 Å². The first-order valence-corrected chi connectivity index (χ1v) is 10.1. The fourth-order valence-electron chi connectivity index (χ4n) is 1.94. The van der Waals surface area contributed by atoms with Gasteiger partial charge in [0.15, 0.2) is 5.96 Å². The summed E-state index contributed by atoms with van der Waals surface area (Å²) in [5.41, 5.74) is 1.02. The first kappa shape index (κ1) is 24.9. The highest BCUT2D eigenvalue weighted by molar-refractivity contribution is 14.0. The van der Waals surface area contributed by atoms with Crippen LogP contribution in [0.3, 0.4) is 0 Å². The molecule has 0 radical (unpaired) electrons. The Labute approximate surface area is 181 Å². The molecule has 2 N–H and O–H groups in total. The highest BCUT2D eigenvalue weighted by Crippen LogP contribution is 2.25. The van der Waals surface area contributed by atoms with E-state index in [1.165, 1.54) is 0 Å². The Balaban J connectivity index is 0.00000576.